The fourth-order valence-corrected chi connectivity index (χ4v) is 7.43. The smallest absolute Gasteiger partial charge is 0.169 e. The van der Waals surface area contributed by atoms with E-state index in [1.54, 1.807) is 0 Å². The number of halogens is 16. The Morgan fingerprint density at radius 2 is 0.453 bits per heavy atom. The summed E-state index contributed by atoms with van der Waals surface area (Å²) in [7, 11) is 0. The highest BCUT2D eigenvalue weighted by Gasteiger charge is 2.31. The number of nitrogens with one attached hydrogen (secondary N) is 2. The number of fused-ring (bicyclic) bond motifs is 8. The first kappa shape index (κ1) is 41.7. The van der Waals surface area contributed by atoms with Crippen LogP contribution in [0.4, 0.5) is 70.2 Å². The van der Waals surface area contributed by atoms with Gasteiger partial charge in [0.2, 0.25) is 0 Å². The summed E-state index contributed by atoms with van der Waals surface area (Å²) in [6, 6.07) is 2.81. The Morgan fingerprint density at radius 1 is 0.250 bits per heavy atom. The Balaban J connectivity index is 1.59. The lowest BCUT2D eigenvalue weighted by Gasteiger charge is -2.11. The molecule has 9 rings (SSSR count). The first-order valence-electron chi connectivity index (χ1n) is 17.9. The summed E-state index contributed by atoms with van der Waals surface area (Å²) in [5, 5.41) is 0. The van der Waals surface area contributed by atoms with Crippen LogP contribution in [0.1, 0.15) is 22.8 Å². The van der Waals surface area contributed by atoms with Crippen molar-refractivity contribution in [1.29, 1.82) is 0 Å². The standard InChI is InChI=1S/C44H14F16N4/c45-13-9-14(46)38(54)33(37(13)53)29-21-1-2-22(61-21)30(34-39(55)15(47)10-16(48)40(34)56)24-5-6-26(63-24)32(36-43(59)19(51)12-20(52)44(36)60)28-8-7-27(64-28)31(25-4-3-23(29)62-25)35-41(57)17(49)11-18(50)42(35)58/h1-12,61-62H. The van der Waals surface area contributed by atoms with E-state index in [9.17, 15) is 35.1 Å². The maximum Gasteiger partial charge on any atom is 0.169 e. The minimum absolute atomic E-state index is 0.158. The molecule has 0 aliphatic carbocycles. The number of aromatic amines is 2. The molecule has 4 nitrogen and oxygen atoms in total. The molecule has 2 N–H and O–H groups in total. The average molecular weight is 903 g/mol. The molecule has 3 aromatic heterocycles. The normalized spacial score (nSPS) is 12.2. The molecule has 0 atom stereocenters. The van der Waals surface area contributed by atoms with E-state index < -0.39 is 182 Å². The minimum atomic E-state index is -2.08. The third-order valence-corrected chi connectivity index (χ3v) is 10.2. The maximum absolute atomic E-state index is 15.8. The molecule has 2 aliphatic rings. The van der Waals surface area contributed by atoms with Crippen molar-refractivity contribution in [2.45, 2.75) is 0 Å². The molecule has 7 aromatic rings. The molecular weight excluding hydrogens is 888 g/mol. The summed E-state index contributed by atoms with van der Waals surface area (Å²) in [6.07, 6.45) is 3.27. The molecule has 0 unspecified atom stereocenters. The zero-order valence-corrected chi connectivity index (χ0v) is 30.9. The van der Waals surface area contributed by atoms with Crippen molar-refractivity contribution in [2.24, 2.45) is 0 Å². The summed E-state index contributed by atoms with van der Waals surface area (Å²) in [6.45, 7) is 0. The van der Waals surface area contributed by atoms with Crippen LogP contribution in [0, 0.1) is 93.1 Å². The van der Waals surface area contributed by atoms with Gasteiger partial charge in [-0.1, -0.05) is 0 Å². The van der Waals surface area contributed by atoms with Gasteiger partial charge in [0.05, 0.1) is 45.0 Å². The van der Waals surface area contributed by atoms with Crippen LogP contribution in [-0.2, 0) is 0 Å². The highest BCUT2D eigenvalue weighted by molar-refractivity contribution is 6.00. The quantitative estimate of drug-likeness (QED) is 0.137. The number of benzene rings is 4. The van der Waals surface area contributed by atoms with Gasteiger partial charge >= 0.3 is 0 Å². The molecule has 2 aliphatic heterocycles. The van der Waals surface area contributed by atoms with Crippen LogP contribution in [0.2, 0.25) is 0 Å². The van der Waals surface area contributed by atoms with E-state index in [1.165, 1.54) is 0 Å². The third-order valence-electron chi connectivity index (χ3n) is 10.2. The van der Waals surface area contributed by atoms with Crippen LogP contribution in [0.3, 0.4) is 0 Å². The molecule has 5 heterocycles. The lowest BCUT2D eigenvalue weighted by Crippen LogP contribution is -2.02. The number of nitrogens with zero attached hydrogens (tertiary/aromatic N) is 2. The van der Waals surface area contributed by atoms with E-state index in [1.807, 2.05) is 0 Å². The van der Waals surface area contributed by atoms with E-state index in [0.29, 0.717) is 0 Å². The molecule has 0 saturated carbocycles. The largest absolute Gasteiger partial charge is 0.354 e. The Labute approximate surface area is 345 Å². The molecule has 322 valence electrons. The second-order valence-electron chi connectivity index (χ2n) is 13.9. The molecule has 0 saturated heterocycles. The molecule has 0 spiro atoms. The monoisotopic (exact) mass is 902 g/mol. The van der Waals surface area contributed by atoms with Crippen LogP contribution in [0.25, 0.3) is 90.9 Å². The first-order chi connectivity index (χ1) is 30.4. The van der Waals surface area contributed by atoms with Crippen molar-refractivity contribution >= 4 is 46.4 Å². The Bertz CT molecular complexity index is 3210. The molecule has 4 aromatic carbocycles. The average Bonchev–Trinajstić information content (AvgIpc) is 4.10. The minimum Gasteiger partial charge on any atom is -0.354 e. The highest BCUT2D eigenvalue weighted by atomic mass is 19.2. The van der Waals surface area contributed by atoms with E-state index in [0.717, 1.165) is 48.6 Å². The van der Waals surface area contributed by atoms with Gasteiger partial charge in [-0.25, -0.2) is 80.2 Å². The van der Waals surface area contributed by atoms with Crippen LogP contribution in [0.5, 0.6) is 0 Å². The molecule has 8 bridgehead atoms. The molecule has 0 fully saturated rings. The zero-order valence-electron chi connectivity index (χ0n) is 30.9. The number of hydrogen-bond acceptors (Lipinski definition) is 2. The lowest BCUT2D eigenvalue weighted by atomic mass is 10.00. The maximum atomic E-state index is 15.8. The second-order valence-corrected chi connectivity index (χ2v) is 13.9. The molecule has 0 amide bonds. The van der Waals surface area contributed by atoms with E-state index in [2.05, 4.69) is 19.9 Å². The lowest BCUT2D eigenvalue weighted by molar-refractivity contribution is 0.458. The predicted octanol–water partition coefficient (Wildman–Crippen LogP) is 13.5. The summed E-state index contributed by atoms with van der Waals surface area (Å²) in [5.41, 5.74) is -15.6. The predicted molar refractivity (Wildman–Crippen MR) is 200 cm³/mol. The van der Waals surface area contributed by atoms with Crippen molar-refractivity contribution in [3.63, 3.8) is 0 Å². The van der Waals surface area contributed by atoms with Gasteiger partial charge in [-0.05, 0) is 48.6 Å². The van der Waals surface area contributed by atoms with Crippen molar-refractivity contribution in [3.8, 4) is 44.5 Å². The van der Waals surface area contributed by atoms with Gasteiger partial charge in [0.1, 0.15) is 0 Å². The number of aromatic nitrogens is 4. The van der Waals surface area contributed by atoms with Gasteiger partial charge in [0, 0.05) is 68.6 Å². The van der Waals surface area contributed by atoms with Crippen molar-refractivity contribution in [2.75, 3.05) is 0 Å². The summed E-state index contributed by atoms with van der Waals surface area (Å²) < 4.78 is 245. The van der Waals surface area contributed by atoms with Gasteiger partial charge in [0.25, 0.3) is 0 Å². The van der Waals surface area contributed by atoms with Crippen LogP contribution < -0.4 is 0 Å². The molecule has 0 radical (unpaired) electrons. The summed E-state index contributed by atoms with van der Waals surface area (Å²) in [5.74, 6) is -32.4. The van der Waals surface area contributed by atoms with E-state index in [-0.39, 0.29) is 24.3 Å². The molecular formula is C44H14F16N4. The Kier molecular flexibility index (Phi) is 9.79. The Hall–Kier alpha value is -7.64. The van der Waals surface area contributed by atoms with Crippen LogP contribution in [-0.4, -0.2) is 19.9 Å². The first-order valence-corrected chi connectivity index (χ1v) is 17.9. The van der Waals surface area contributed by atoms with Gasteiger partial charge < -0.3 is 9.97 Å². The number of rotatable bonds is 4. The fourth-order valence-electron chi connectivity index (χ4n) is 7.43. The van der Waals surface area contributed by atoms with Crippen LogP contribution in [0.15, 0.2) is 48.5 Å². The third kappa shape index (κ3) is 6.33. The Morgan fingerprint density at radius 3 is 0.719 bits per heavy atom. The van der Waals surface area contributed by atoms with Crippen molar-refractivity contribution < 1.29 is 70.2 Å². The topological polar surface area (TPSA) is 57.4 Å². The highest BCUT2D eigenvalue weighted by Crippen LogP contribution is 2.43. The number of hydrogen-bond donors (Lipinski definition) is 2. The molecule has 20 heteroatoms. The van der Waals surface area contributed by atoms with Crippen molar-refractivity contribution in [3.05, 3.63) is 164 Å². The van der Waals surface area contributed by atoms with Crippen LogP contribution >= 0.6 is 0 Å². The van der Waals surface area contributed by atoms with Gasteiger partial charge in [-0.15, -0.1) is 0 Å². The van der Waals surface area contributed by atoms with E-state index >= 15 is 35.1 Å². The van der Waals surface area contributed by atoms with Gasteiger partial charge in [0.15, 0.2) is 93.1 Å². The van der Waals surface area contributed by atoms with E-state index in [4.69, 9.17) is 0 Å². The fraction of sp³-hybridized carbons (Fsp3) is 0. The summed E-state index contributed by atoms with van der Waals surface area (Å²) >= 11 is 0. The second kappa shape index (κ2) is 15.0. The zero-order chi connectivity index (χ0) is 45.8. The molecule has 64 heavy (non-hydrogen) atoms. The van der Waals surface area contributed by atoms with Crippen molar-refractivity contribution in [1.82, 2.24) is 19.9 Å². The van der Waals surface area contributed by atoms with Gasteiger partial charge in [-0.2, -0.15) is 0 Å². The summed E-state index contributed by atoms with van der Waals surface area (Å²) in [4.78, 5) is 13.2. The van der Waals surface area contributed by atoms with Gasteiger partial charge in [-0.3, -0.25) is 0 Å². The SMILES string of the molecule is Fc1cc(F)c(F)c(-c2c3nc(c(-c4c(F)c(F)cc(F)c4F)c4ccc([nH]4)c(-c4c(F)c(F)cc(F)c4F)c4ccc([nH]4)c(-c4c(F)c(F)cc(F)c4F)c4nc2C=C4)C=C3)c1F. The number of H-pyrrole nitrogens is 2.